The molecule has 1 heterocycles. The van der Waals surface area contributed by atoms with Crippen molar-refractivity contribution >= 4 is 22.6 Å². The van der Waals surface area contributed by atoms with Gasteiger partial charge in [-0.2, -0.15) is 0 Å². The second-order valence-corrected chi connectivity index (χ2v) is 5.24. The molecular formula is C12H14F2N2S. The number of thioether (sulfide) groups is 1. The Morgan fingerprint density at radius 1 is 1.41 bits per heavy atom. The number of para-hydroxylation sites is 1. The number of nitrogens with one attached hydrogen (secondary N) is 1. The molecule has 0 aliphatic carbocycles. The fourth-order valence-corrected chi connectivity index (χ4v) is 2.68. The molecule has 0 saturated carbocycles. The number of hydrogen-bond donors (Lipinski definition) is 1. The van der Waals surface area contributed by atoms with Gasteiger partial charge >= 0.3 is 0 Å². The van der Waals surface area contributed by atoms with E-state index in [1.165, 1.54) is 30.0 Å². The van der Waals surface area contributed by atoms with Crippen LogP contribution in [-0.4, -0.2) is 16.5 Å². The summed E-state index contributed by atoms with van der Waals surface area (Å²) in [5.74, 6) is -0.362. The van der Waals surface area contributed by atoms with Gasteiger partial charge in [-0.1, -0.05) is 24.8 Å². The van der Waals surface area contributed by atoms with Crippen LogP contribution in [0.1, 0.15) is 20.3 Å². The van der Waals surface area contributed by atoms with Gasteiger partial charge < -0.3 is 5.32 Å². The zero-order chi connectivity index (χ0) is 12.5. The highest BCUT2D eigenvalue weighted by Gasteiger charge is 2.29. The minimum atomic E-state index is -0.599. The van der Waals surface area contributed by atoms with Crippen LogP contribution in [-0.2, 0) is 0 Å². The molecule has 1 unspecified atom stereocenters. The third-order valence-electron chi connectivity index (χ3n) is 2.85. The quantitative estimate of drug-likeness (QED) is 0.873. The van der Waals surface area contributed by atoms with Gasteiger partial charge in [-0.05, 0) is 25.5 Å². The molecule has 2 rings (SSSR count). The predicted molar refractivity (Wildman–Crippen MR) is 68.6 cm³/mol. The molecule has 5 heteroatoms. The van der Waals surface area contributed by atoms with Gasteiger partial charge in [-0.25, -0.2) is 8.78 Å². The van der Waals surface area contributed by atoms with Crippen molar-refractivity contribution in [3.8, 4) is 0 Å². The molecule has 1 aliphatic rings. The van der Waals surface area contributed by atoms with Crippen LogP contribution in [0.2, 0.25) is 0 Å². The highest BCUT2D eigenvalue weighted by atomic mass is 32.2. The van der Waals surface area contributed by atoms with E-state index in [0.717, 1.165) is 12.2 Å². The van der Waals surface area contributed by atoms with Gasteiger partial charge in [-0.15, -0.1) is 0 Å². The molecule has 1 atom stereocenters. The molecule has 0 spiro atoms. The number of anilines is 1. The van der Waals surface area contributed by atoms with E-state index in [9.17, 15) is 8.78 Å². The standard InChI is InChI=1S/C12H14F2N2S/c1-3-12(2)7-17-11(16-12)15-10-8(13)5-4-6-9(10)14/h4-6H,3,7H2,1-2H3,(H,15,16). The van der Waals surface area contributed by atoms with Crippen LogP contribution in [0.3, 0.4) is 0 Å². The Bertz CT molecular complexity index is 442. The van der Waals surface area contributed by atoms with E-state index in [-0.39, 0.29) is 11.2 Å². The van der Waals surface area contributed by atoms with Crippen molar-refractivity contribution < 1.29 is 8.78 Å². The predicted octanol–water partition coefficient (Wildman–Crippen LogP) is 3.65. The Hall–Kier alpha value is -1.10. The molecule has 1 aliphatic heterocycles. The van der Waals surface area contributed by atoms with Crippen LogP contribution in [0.5, 0.6) is 0 Å². The lowest BCUT2D eigenvalue weighted by Gasteiger charge is -2.15. The number of rotatable bonds is 2. The Morgan fingerprint density at radius 3 is 2.59 bits per heavy atom. The summed E-state index contributed by atoms with van der Waals surface area (Å²) in [6.07, 6.45) is 0.908. The lowest BCUT2D eigenvalue weighted by Crippen LogP contribution is -2.20. The molecule has 92 valence electrons. The van der Waals surface area contributed by atoms with Gasteiger partial charge in [0.25, 0.3) is 0 Å². The maximum atomic E-state index is 13.4. The largest absolute Gasteiger partial charge is 0.330 e. The molecule has 17 heavy (non-hydrogen) atoms. The van der Waals surface area contributed by atoms with Crippen molar-refractivity contribution in [3.05, 3.63) is 29.8 Å². The fraction of sp³-hybridized carbons (Fsp3) is 0.417. The maximum Gasteiger partial charge on any atom is 0.161 e. The van der Waals surface area contributed by atoms with Crippen molar-refractivity contribution in [2.75, 3.05) is 11.1 Å². The van der Waals surface area contributed by atoms with Crippen molar-refractivity contribution in [2.45, 2.75) is 25.8 Å². The first-order valence-corrected chi connectivity index (χ1v) is 6.46. The van der Waals surface area contributed by atoms with E-state index in [1.807, 2.05) is 6.92 Å². The monoisotopic (exact) mass is 256 g/mol. The molecule has 0 radical (unpaired) electrons. The topological polar surface area (TPSA) is 24.4 Å². The molecule has 0 aromatic heterocycles. The summed E-state index contributed by atoms with van der Waals surface area (Å²) in [5, 5.41) is 3.31. The van der Waals surface area contributed by atoms with Crippen molar-refractivity contribution in [2.24, 2.45) is 4.99 Å². The molecule has 0 bridgehead atoms. The smallest absolute Gasteiger partial charge is 0.161 e. The minimum absolute atomic E-state index is 0.126. The van der Waals surface area contributed by atoms with Gasteiger partial charge in [-0.3, -0.25) is 4.99 Å². The number of nitrogens with zero attached hydrogens (tertiary/aromatic N) is 1. The third-order valence-corrected chi connectivity index (χ3v) is 4.08. The highest BCUT2D eigenvalue weighted by Crippen LogP contribution is 2.31. The second kappa shape index (κ2) is 4.64. The molecule has 1 aromatic carbocycles. The van der Waals surface area contributed by atoms with Crippen molar-refractivity contribution in [1.29, 1.82) is 0 Å². The first-order chi connectivity index (χ1) is 8.04. The van der Waals surface area contributed by atoms with E-state index >= 15 is 0 Å². The lowest BCUT2D eigenvalue weighted by molar-refractivity contribution is 0.522. The number of benzene rings is 1. The lowest BCUT2D eigenvalue weighted by atomic mass is 10.0. The molecule has 2 nitrogen and oxygen atoms in total. The van der Waals surface area contributed by atoms with Gasteiger partial charge in [0.15, 0.2) is 5.17 Å². The van der Waals surface area contributed by atoms with E-state index in [2.05, 4.69) is 17.2 Å². The Labute approximate surface area is 104 Å². The zero-order valence-electron chi connectivity index (χ0n) is 9.76. The summed E-state index contributed by atoms with van der Waals surface area (Å²) >= 11 is 1.49. The summed E-state index contributed by atoms with van der Waals surface area (Å²) in [4.78, 5) is 4.45. The number of halogens is 2. The van der Waals surface area contributed by atoms with Gasteiger partial charge in [0.05, 0.1) is 5.54 Å². The van der Waals surface area contributed by atoms with E-state index in [4.69, 9.17) is 0 Å². The minimum Gasteiger partial charge on any atom is -0.330 e. The molecule has 0 fully saturated rings. The summed E-state index contributed by atoms with van der Waals surface area (Å²) in [7, 11) is 0. The van der Waals surface area contributed by atoms with Crippen LogP contribution in [0, 0.1) is 11.6 Å². The summed E-state index contributed by atoms with van der Waals surface area (Å²) < 4.78 is 26.8. The van der Waals surface area contributed by atoms with E-state index < -0.39 is 11.6 Å². The Morgan fingerprint density at radius 2 is 2.06 bits per heavy atom. The van der Waals surface area contributed by atoms with Gasteiger partial charge in [0, 0.05) is 5.75 Å². The van der Waals surface area contributed by atoms with Crippen LogP contribution < -0.4 is 5.32 Å². The number of hydrogen-bond acceptors (Lipinski definition) is 3. The molecule has 0 amide bonds. The average molecular weight is 256 g/mol. The summed E-state index contributed by atoms with van der Waals surface area (Å²) in [6.45, 7) is 4.09. The maximum absolute atomic E-state index is 13.4. The van der Waals surface area contributed by atoms with Crippen molar-refractivity contribution in [1.82, 2.24) is 0 Å². The van der Waals surface area contributed by atoms with Crippen LogP contribution in [0.25, 0.3) is 0 Å². The molecule has 1 N–H and O–H groups in total. The summed E-state index contributed by atoms with van der Waals surface area (Å²) in [6, 6.07) is 3.80. The zero-order valence-corrected chi connectivity index (χ0v) is 10.6. The van der Waals surface area contributed by atoms with Crippen molar-refractivity contribution in [3.63, 3.8) is 0 Å². The normalized spacial score (nSPS) is 23.6. The first-order valence-electron chi connectivity index (χ1n) is 5.48. The van der Waals surface area contributed by atoms with E-state index in [0.29, 0.717) is 5.17 Å². The number of aliphatic imine (C=N–C) groups is 1. The van der Waals surface area contributed by atoms with Gasteiger partial charge in [0.2, 0.25) is 0 Å². The average Bonchev–Trinajstić information content (AvgIpc) is 2.67. The molecule has 0 saturated heterocycles. The highest BCUT2D eigenvalue weighted by molar-refractivity contribution is 8.14. The second-order valence-electron chi connectivity index (χ2n) is 4.28. The SMILES string of the molecule is CCC1(C)CSC(Nc2c(F)cccc2F)=N1. The molecule has 1 aromatic rings. The Kier molecular flexibility index (Phi) is 3.38. The van der Waals surface area contributed by atoms with E-state index in [1.54, 1.807) is 0 Å². The van der Waals surface area contributed by atoms with Crippen LogP contribution in [0.15, 0.2) is 23.2 Å². The van der Waals surface area contributed by atoms with Crippen LogP contribution in [0.4, 0.5) is 14.5 Å². The summed E-state index contributed by atoms with van der Waals surface area (Å²) in [5.41, 5.74) is -0.256. The third kappa shape index (κ3) is 2.60. The first kappa shape index (κ1) is 12.4. The van der Waals surface area contributed by atoms with Crippen LogP contribution >= 0.6 is 11.8 Å². The number of amidine groups is 1. The fourth-order valence-electron chi connectivity index (χ4n) is 1.50. The molecular weight excluding hydrogens is 242 g/mol. The van der Waals surface area contributed by atoms with Gasteiger partial charge in [0.1, 0.15) is 17.3 Å². The Balaban J connectivity index is 2.20.